The van der Waals surface area contributed by atoms with Crippen molar-refractivity contribution in [3.8, 4) is 0 Å². The highest BCUT2D eigenvalue weighted by Crippen LogP contribution is 2.17. The zero-order valence-electron chi connectivity index (χ0n) is 15.2. The lowest BCUT2D eigenvalue weighted by Crippen LogP contribution is -2.35. The van der Waals surface area contributed by atoms with Gasteiger partial charge in [0.05, 0.1) is 17.6 Å². The van der Waals surface area contributed by atoms with E-state index in [-0.39, 0.29) is 5.91 Å². The van der Waals surface area contributed by atoms with E-state index in [0.717, 1.165) is 61.1 Å². The molecule has 0 N–H and O–H groups in total. The molecule has 1 fully saturated rings. The fourth-order valence-corrected chi connectivity index (χ4v) is 3.25. The third kappa shape index (κ3) is 4.15. The molecular formula is C18H25N5O2. The number of nitrogens with zero attached hydrogens (tertiary/aromatic N) is 5. The molecule has 0 atom stereocenters. The number of rotatable bonds is 4. The molecule has 1 amide bonds. The molecular weight excluding hydrogens is 318 g/mol. The predicted molar refractivity (Wildman–Crippen MR) is 94.5 cm³/mol. The van der Waals surface area contributed by atoms with Gasteiger partial charge >= 0.3 is 0 Å². The second-order valence-corrected chi connectivity index (χ2v) is 6.54. The fourth-order valence-electron chi connectivity index (χ4n) is 3.25. The summed E-state index contributed by atoms with van der Waals surface area (Å²) in [4.78, 5) is 25.5. The summed E-state index contributed by atoms with van der Waals surface area (Å²) >= 11 is 0. The predicted octanol–water partition coefficient (Wildman–Crippen LogP) is 2.06. The van der Waals surface area contributed by atoms with Crippen molar-refractivity contribution in [3.05, 3.63) is 35.1 Å². The zero-order valence-corrected chi connectivity index (χ0v) is 15.2. The summed E-state index contributed by atoms with van der Waals surface area (Å²) in [6, 6.07) is 0. The van der Waals surface area contributed by atoms with E-state index in [1.807, 2.05) is 25.7 Å². The van der Waals surface area contributed by atoms with Crippen LogP contribution in [0, 0.1) is 20.8 Å². The molecule has 3 heterocycles. The van der Waals surface area contributed by atoms with Crippen LogP contribution in [-0.4, -0.2) is 52.1 Å². The van der Waals surface area contributed by atoms with E-state index in [4.69, 9.17) is 4.52 Å². The summed E-state index contributed by atoms with van der Waals surface area (Å²) in [5.41, 5.74) is 2.85. The standard InChI is InChI=1S/C18H25N5O2/c1-13-11-19-12-17(20-13)22-7-4-8-23(10-9-22)18(24)6-5-16-14(2)21-25-15(16)3/h11-12H,4-10H2,1-3H3. The Hall–Kier alpha value is -2.44. The minimum absolute atomic E-state index is 0.192. The van der Waals surface area contributed by atoms with Gasteiger partial charge in [0.2, 0.25) is 5.91 Å². The van der Waals surface area contributed by atoms with E-state index in [1.54, 1.807) is 12.4 Å². The maximum atomic E-state index is 12.6. The Labute approximate surface area is 148 Å². The molecule has 3 rings (SSSR count). The Morgan fingerprint density at radius 2 is 2.00 bits per heavy atom. The number of anilines is 1. The van der Waals surface area contributed by atoms with Gasteiger partial charge in [0.1, 0.15) is 11.6 Å². The van der Waals surface area contributed by atoms with E-state index in [2.05, 4.69) is 20.0 Å². The largest absolute Gasteiger partial charge is 0.361 e. The molecule has 1 aliphatic heterocycles. The van der Waals surface area contributed by atoms with Crippen LogP contribution < -0.4 is 4.90 Å². The monoisotopic (exact) mass is 343 g/mol. The van der Waals surface area contributed by atoms with Crippen LogP contribution in [0.3, 0.4) is 0 Å². The second-order valence-electron chi connectivity index (χ2n) is 6.54. The molecule has 0 aliphatic carbocycles. The number of amides is 1. The summed E-state index contributed by atoms with van der Waals surface area (Å²) in [5.74, 6) is 1.90. The quantitative estimate of drug-likeness (QED) is 0.846. The number of carbonyl (C=O) groups is 1. The molecule has 0 aromatic carbocycles. The van der Waals surface area contributed by atoms with Gasteiger partial charge in [-0.1, -0.05) is 5.16 Å². The van der Waals surface area contributed by atoms with Gasteiger partial charge in [0.15, 0.2) is 0 Å². The van der Waals surface area contributed by atoms with E-state index >= 15 is 0 Å². The average molecular weight is 343 g/mol. The topological polar surface area (TPSA) is 75.4 Å². The molecule has 2 aromatic heterocycles. The van der Waals surface area contributed by atoms with Gasteiger partial charge in [0.25, 0.3) is 0 Å². The summed E-state index contributed by atoms with van der Waals surface area (Å²) in [6.45, 7) is 8.95. The molecule has 1 aliphatic rings. The number of hydrogen-bond donors (Lipinski definition) is 0. The van der Waals surface area contributed by atoms with Crippen molar-refractivity contribution in [1.82, 2.24) is 20.0 Å². The van der Waals surface area contributed by atoms with Crippen LogP contribution in [0.1, 0.15) is 35.6 Å². The molecule has 2 aromatic rings. The highest BCUT2D eigenvalue weighted by atomic mass is 16.5. The fraction of sp³-hybridized carbons (Fsp3) is 0.556. The summed E-state index contributed by atoms with van der Waals surface area (Å²) in [6.07, 6.45) is 5.66. The number of carbonyl (C=O) groups excluding carboxylic acids is 1. The average Bonchev–Trinajstić information content (AvgIpc) is 2.80. The van der Waals surface area contributed by atoms with Crippen molar-refractivity contribution in [2.24, 2.45) is 0 Å². The smallest absolute Gasteiger partial charge is 0.222 e. The van der Waals surface area contributed by atoms with Gasteiger partial charge in [-0.25, -0.2) is 4.98 Å². The number of aryl methyl sites for hydroxylation is 3. The SMILES string of the molecule is Cc1cncc(N2CCCN(C(=O)CCc3c(C)noc3C)CC2)n1. The first-order valence-electron chi connectivity index (χ1n) is 8.77. The van der Waals surface area contributed by atoms with Crippen molar-refractivity contribution in [2.45, 2.75) is 40.0 Å². The second kappa shape index (κ2) is 7.63. The van der Waals surface area contributed by atoms with Crippen molar-refractivity contribution in [2.75, 3.05) is 31.1 Å². The Kier molecular flexibility index (Phi) is 5.31. The highest BCUT2D eigenvalue weighted by molar-refractivity contribution is 5.76. The molecule has 25 heavy (non-hydrogen) atoms. The van der Waals surface area contributed by atoms with Crippen LogP contribution in [-0.2, 0) is 11.2 Å². The first-order valence-corrected chi connectivity index (χ1v) is 8.77. The molecule has 0 radical (unpaired) electrons. The Morgan fingerprint density at radius 3 is 2.72 bits per heavy atom. The Morgan fingerprint density at radius 1 is 1.16 bits per heavy atom. The van der Waals surface area contributed by atoms with Crippen molar-refractivity contribution < 1.29 is 9.32 Å². The Bertz CT molecular complexity index is 723. The van der Waals surface area contributed by atoms with Crippen molar-refractivity contribution >= 4 is 11.7 Å². The molecule has 1 saturated heterocycles. The minimum Gasteiger partial charge on any atom is -0.361 e. The van der Waals surface area contributed by atoms with Gasteiger partial charge in [0, 0.05) is 44.4 Å². The normalized spacial score (nSPS) is 15.3. The maximum Gasteiger partial charge on any atom is 0.222 e. The summed E-state index contributed by atoms with van der Waals surface area (Å²) < 4.78 is 5.17. The van der Waals surface area contributed by atoms with E-state index in [1.165, 1.54) is 0 Å². The lowest BCUT2D eigenvalue weighted by Gasteiger charge is -2.22. The molecule has 0 bridgehead atoms. The van der Waals surface area contributed by atoms with Crippen LogP contribution in [0.5, 0.6) is 0 Å². The molecule has 0 saturated carbocycles. The van der Waals surface area contributed by atoms with Gasteiger partial charge in [-0.2, -0.15) is 0 Å². The first-order chi connectivity index (χ1) is 12.0. The van der Waals surface area contributed by atoms with E-state index in [9.17, 15) is 4.79 Å². The highest BCUT2D eigenvalue weighted by Gasteiger charge is 2.21. The Balaban J connectivity index is 1.56. The van der Waals surface area contributed by atoms with Crippen LogP contribution >= 0.6 is 0 Å². The number of aromatic nitrogens is 3. The van der Waals surface area contributed by atoms with Gasteiger partial charge in [-0.05, 0) is 33.6 Å². The molecule has 134 valence electrons. The summed E-state index contributed by atoms with van der Waals surface area (Å²) in [5, 5.41) is 3.95. The van der Waals surface area contributed by atoms with Crippen molar-refractivity contribution in [1.29, 1.82) is 0 Å². The maximum absolute atomic E-state index is 12.6. The molecule has 7 nitrogen and oxygen atoms in total. The summed E-state index contributed by atoms with van der Waals surface area (Å²) in [7, 11) is 0. The van der Waals surface area contributed by atoms with Crippen LogP contribution in [0.2, 0.25) is 0 Å². The molecule has 0 unspecified atom stereocenters. The van der Waals surface area contributed by atoms with Gasteiger partial charge in [-0.15, -0.1) is 0 Å². The van der Waals surface area contributed by atoms with Crippen LogP contribution in [0.4, 0.5) is 5.82 Å². The van der Waals surface area contributed by atoms with E-state index in [0.29, 0.717) is 12.8 Å². The van der Waals surface area contributed by atoms with Gasteiger partial charge < -0.3 is 14.3 Å². The lowest BCUT2D eigenvalue weighted by molar-refractivity contribution is -0.130. The van der Waals surface area contributed by atoms with Gasteiger partial charge in [-0.3, -0.25) is 9.78 Å². The number of hydrogen-bond acceptors (Lipinski definition) is 6. The third-order valence-electron chi connectivity index (χ3n) is 4.68. The van der Waals surface area contributed by atoms with Crippen molar-refractivity contribution in [3.63, 3.8) is 0 Å². The van der Waals surface area contributed by atoms with Crippen LogP contribution in [0.25, 0.3) is 0 Å². The zero-order chi connectivity index (χ0) is 17.8. The molecule has 0 spiro atoms. The van der Waals surface area contributed by atoms with E-state index < -0.39 is 0 Å². The molecule has 7 heteroatoms. The minimum atomic E-state index is 0.192. The first kappa shape index (κ1) is 17.4. The third-order valence-corrected chi connectivity index (χ3v) is 4.68. The lowest BCUT2D eigenvalue weighted by atomic mass is 10.1. The van der Waals surface area contributed by atoms with Crippen LogP contribution in [0.15, 0.2) is 16.9 Å².